The summed E-state index contributed by atoms with van der Waals surface area (Å²) in [5.41, 5.74) is 0.923. The Morgan fingerprint density at radius 3 is 2.92 bits per heavy atom. The first-order valence-corrected chi connectivity index (χ1v) is 8.52. The second-order valence-corrected chi connectivity index (χ2v) is 6.77. The van der Waals surface area contributed by atoms with Gasteiger partial charge in [-0.3, -0.25) is 9.59 Å². The van der Waals surface area contributed by atoms with Gasteiger partial charge < -0.3 is 10.0 Å². The molecule has 0 spiro atoms. The van der Waals surface area contributed by atoms with Gasteiger partial charge in [0, 0.05) is 18.5 Å². The van der Waals surface area contributed by atoms with Gasteiger partial charge in [0.05, 0.1) is 11.4 Å². The van der Waals surface area contributed by atoms with Gasteiger partial charge in [-0.05, 0) is 49.4 Å². The fraction of sp³-hybridized carbons (Fsp3) is 0.421. The van der Waals surface area contributed by atoms with Crippen LogP contribution in [0.4, 0.5) is 4.39 Å². The lowest BCUT2D eigenvalue weighted by atomic mass is 9.89. The molecule has 25 heavy (non-hydrogen) atoms. The fourth-order valence-corrected chi connectivity index (χ4v) is 3.42. The molecule has 0 bridgehead atoms. The molecule has 2 heterocycles. The number of carboxylic acids is 1. The number of amides is 1. The third kappa shape index (κ3) is 3.95. The Kier molecular flexibility index (Phi) is 4.97. The molecule has 1 N–H and O–H groups in total. The van der Waals surface area contributed by atoms with E-state index in [0.717, 1.165) is 12.8 Å². The molecule has 5 nitrogen and oxygen atoms in total. The number of aliphatic carboxylic acids is 1. The number of pyridine rings is 1. The number of piperidine rings is 1. The van der Waals surface area contributed by atoms with Crippen LogP contribution in [0.15, 0.2) is 30.3 Å². The molecular weight excluding hydrogens is 323 g/mol. The lowest BCUT2D eigenvalue weighted by molar-refractivity contribution is -0.141. The maximum absolute atomic E-state index is 13.2. The molecule has 1 fully saturated rings. The van der Waals surface area contributed by atoms with Crippen molar-refractivity contribution in [3.63, 3.8) is 0 Å². The molecule has 1 aliphatic rings. The van der Waals surface area contributed by atoms with Crippen LogP contribution < -0.4 is 0 Å². The van der Waals surface area contributed by atoms with Crippen molar-refractivity contribution < 1.29 is 19.1 Å². The van der Waals surface area contributed by atoms with E-state index in [1.807, 2.05) is 0 Å². The minimum atomic E-state index is -0.799. The molecule has 0 aliphatic carbocycles. The molecule has 1 aromatic heterocycles. The Labute approximate surface area is 145 Å². The maximum atomic E-state index is 13.2. The number of hydrogen-bond donors (Lipinski definition) is 1. The zero-order valence-corrected chi connectivity index (χ0v) is 14.1. The Hall–Kier alpha value is -2.50. The van der Waals surface area contributed by atoms with Crippen molar-refractivity contribution in [1.29, 1.82) is 0 Å². The van der Waals surface area contributed by atoms with E-state index in [0.29, 0.717) is 36.1 Å². The zero-order valence-electron chi connectivity index (χ0n) is 14.1. The summed E-state index contributed by atoms with van der Waals surface area (Å²) in [5.74, 6) is -1.50. The van der Waals surface area contributed by atoms with Crippen LogP contribution in [0.5, 0.6) is 0 Å². The number of carbonyl (C=O) groups excluding carboxylic acids is 1. The monoisotopic (exact) mass is 344 g/mol. The molecule has 1 aliphatic heterocycles. The molecule has 1 saturated heterocycles. The Balaban J connectivity index is 1.73. The summed E-state index contributed by atoms with van der Waals surface area (Å²) >= 11 is 0. The molecule has 0 radical (unpaired) electrons. The van der Waals surface area contributed by atoms with Crippen LogP contribution in [0, 0.1) is 17.7 Å². The first-order valence-electron chi connectivity index (χ1n) is 8.52. The van der Waals surface area contributed by atoms with Crippen LogP contribution in [-0.2, 0) is 4.79 Å². The van der Waals surface area contributed by atoms with Gasteiger partial charge in [0.15, 0.2) is 0 Å². The highest BCUT2D eigenvalue weighted by Crippen LogP contribution is 2.25. The molecule has 0 saturated carbocycles. The van der Waals surface area contributed by atoms with E-state index >= 15 is 0 Å². The van der Waals surface area contributed by atoms with Crippen LogP contribution in [-0.4, -0.2) is 40.0 Å². The molecule has 2 aromatic rings. The van der Waals surface area contributed by atoms with Crippen LogP contribution >= 0.6 is 0 Å². The topological polar surface area (TPSA) is 70.5 Å². The van der Waals surface area contributed by atoms with E-state index in [2.05, 4.69) is 4.98 Å². The molecule has 1 aromatic carbocycles. The number of halogens is 1. The normalized spacial score (nSPS) is 19.0. The standard InChI is InChI=1S/C19H21FN2O3/c1-12(19(24)25)9-13-3-2-8-22(11-13)18(23)17-6-4-14-10-15(20)5-7-16(14)21-17/h4-7,10,12-13H,2-3,8-9,11H2,1H3,(H,24,25). The number of hydrogen-bond acceptors (Lipinski definition) is 3. The molecule has 2 atom stereocenters. The number of nitrogens with zero attached hydrogens (tertiary/aromatic N) is 2. The average molecular weight is 344 g/mol. The number of carbonyl (C=O) groups is 2. The summed E-state index contributed by atoms with van der Waals surface area (Å²) in [6, 6.07) is 7.60. The smallest absolute Gasteiger partial charge is 0.306 e. The Bertz CT molecular complexity index is 808. The number of aromatic nitrogens is 1. The highest BCUT2D eigenvalue weighted by molar-refractivity contribution is 5.95. The molecular formula is C19H21FN2O3. The van der Waals surface area contributed by atoms with Crippen LogP contribution in [0.1, 0.15) is 36.7 Å². The highest BCUT2D eigenvalue weighted by atomic mass is 19.1. The molecule has 1 amide bonds. The van der Waals surface area contributed by atoms with Gasteiger partial charge in [0.1, 0.15) is 11.5 Å². The van der Waals surface area contributed by atoms with Gasteiger partial charge in [-0.25, -0.2) is 9.37 Å². The van der Waals surface area contributed by atoms with Crippen LogP contribution in [0.25, 0.3) is 10.9 Å². The summed E-state index contributed by atoms with van der Waals surface area (Å²) in [7, 11) is 0. The van der Waals surface area contributed by atoms with E-state index in [1.54, 1.807) is 30.0 Å². The van der Waals surface area contributed by atoms with Crippen LogP contribution in [0.2, 0.25) is 0 Å². The van der Waals surface area contributed by atoms with Crippen molar-refractivity contribution in [3.05, 3.63) is 41.8 Å². The minimum Gasteiger partial charge on any atom is -0.481 e. The first kappa shape index (κ1) is 17.3. The van der Waals surface area contributed by atoms with Gasteiger partial charge in [-0.1, -0.05) is 13.0 Å². The maximum Gasteiger partial charge on any atom is 0.306 e. The largest absolute Gasteiger partial charge is 0.481 e. The van der Waals surface area contributed by atoms with Crippen molar-refractivity contribution in [3.8, 4) is 0 Å². The van der Waals surface area contributed by atoms with E-state index in [1.165, 1.54) is 12.1 Å². The van der Waals surface area contributed by atoms with E-state index < -0.39 is 11.9 Å². The predicted octanol–water partition coefficient (Wildman–Crippen LogP) is 3.34. The second-order valence-electron chi connectivity index (χ2n) is 6.77. The lowest BCUT2D eigenvalue weighted by Gasteiger charge is -2.33. The van der Waals surface area contributed by atoms with Crippen molar-refractivity contribution in [1.82, 2.24) is 9.88 Å². The lowest BCUT2D eigenvalue weighted by Crippen LogP contribution is -2.41. The summed E-state index contributed by atoms with van der Waals surface area (Å²) in [5, 5.41) is 9.72. The molecule has 132 valence electrons. The van der Waals surface area contributed by atoms with Crippen molar-refractivity contribution in [2.75, 3.05) is 13.1 Å². The first-order chi connectivity index (χ1) is 11.9. The predicted molar refractivity (Wildman–Crippen MR) is 91.7 cm³/mol. The Morgan fingerprint density at radius 2 is 2.16 bits per heavy atom. The zero-order chi connectivity index (χ0) is 18.0. The number of likely N-dealkylation sites (tertiary alicyclic amines) is 1. The second kappa shape index (κ2) is 7.17. The summed E-state index contributed by atoms with van der Waals surface area (Å²) in [6.07, 6.45) is 2.37. The highest BCUT2D eigenvalue weighted by Gasteiger charge is 2.27. The van der Waals surface area contributed by atoms with Gasteiger partial charge in [0.25, 0.3) is 5.91 Å². The Morgan fingerprint density at radius 1 is 1.36 bits per heavy atom. The number of benzene rings is 1. The number of fused-ring (bicyclic) bond motifs is 1. The van der Waals surface area contributed by atoms with Gasteiger partial charge in [-0.2, -0.15) is 0 Å². The van der Waals surface area contributed by atoms with Gasteiger partial charge >= 0.3 is 5.97 Å². The van der Waals surface area contributed by atoms with Crippen molar-refractivity contribution >= 4 is 22.8 Å². The average Bonchev–Trinajstić information content (AvgIpc) is 2.60. The van der Waals surface area contributed by atoms with Gasteiger partial charge in [0.2, 0.25) is 0 Å². The van der Waals surface area contributed by atoms with Crippen molar-refractivity contribution in [2.24, 2.45) is 11.8 Å². The quantitative estimate of drug-likeness (QED) is 0.923. The van der Waals surface area contributed by atoms with Crippen LogP contribution in [0.3, 0.4) is 0 Å². The summed E-state index contributed by atoms with van der Waals surface area (Å²) < 4.78 is 13.2. The molecule has 2 unspecified atom stereocenters. The SMILES string of the molecule is CC(CC1CCCN(C(=O)c2ccc3cc(F)ccc3n2)C1)C(=O)O. The van der Waals surface area contributed by atoms with E-state index in [-0.39, 0.29) is 17.6 Å². The fourth-order valence-electron chi connectivity index (χ4n) is 3.42. The minimum absolute atomic E-state index is 0.154. The summed E-state index contributed by atoms with van der Waals surface area (Å²) in [4.78, 5) is 29.9. The van der Waals surface area contributed by atoms with Gasteiger partial charge in [-0.15, -0.1) is 0 Å². The molecule has 6 heteroatoms. The van der Waals surface area contributed by atoms with E-state index in [4.69, 9.17) is 5.11 Å². The summed E-state index contributed by atoms with van der Waals surface area (Å²) in [6.45, 7) is 2.91. The third-order valence-corrected chi connectivity index (χ3v) is 4.79. The number of carboxylic acid groups (broad SMARTS) is 1. The number of rotatable bonds is 4. The van der Waals surface area contributed by atoms with E-state index in [9.17, 15) is 14.0 Å². The van der Waals surface area contributed by atoms with Crippen molar-refractivity contribution in [2.45, 2.75) is 26.2 Å². The third-order valence-electron chi connectivity index (χ3n) is 4.79. The molecule has 3 rings (SSSR count).